The van der Waals surface area contributed by atoms with Crippen molar-refractivity contribution < 1.29 is 9.53 Å². The molecule has 0 aromatic heterocycles. The van der Waals surface area contributed by atoms with Gasteiger partial charge in [-0.15, -0.1) is 0 Å². The summed E-state index contributed by atoms with van der Waals surface area (Å²) in [4.78, 5) is 13.6. The molecule has 2 heterocycles. The summed E-state index contributed by atoms with van der Waals surface area (Å²) in [5, 5.41) is 3.06. The van der Waals surface area contributed by atoms with Gasteiger partial charge in [0.1, 0.15) is 5.70 Å². The number of ether oxygens (including phenoxy) is 1. The molecule has 0 radical (unpaired) electrons. The molecule has 0 spiro atoms. The molecule has 4 heteroatoms. The SMILES string of the molecule is CC1=C(N2CCOCC2)C(=O)CN1. The van der Waals surface area contributed by atoms with Gasteiger partial charge in [-0.1, -0.05) is 0 Å². The molecule has 0 saturated carbocycles. The van der Waals surface area contributed by atoms with Crippen molar-refractivity contribution in [1.82, 2.24) is 10.2 Å². The van der Waals surface area contributed by atoms with Gasteiger partial charge >= 0.3 is 0 Å². The molecule has 0 atom stereocenters. The number of allylic oxidation sites excluding steroid dienone is 1. The van der Waals surface area contributed by atoms with E-state index in [9.17, 15) is 4.79 Å². The van der Waals surface area contributed by atoms with E-state index < -0.39 is 0 Å². The lowest BCUT2D eigenvalue weighted by atomic mass is 10.2. The van der Waals surface area contributed by atoms with Crippen molar-refractivity contribution >= 4 is 5.78 Å². The highest BCUT2D eigenvalue weighted by molar-refractivity contribution is 5.99. The quantitative estimate of drug-likeness (QED) is 0.605. The smallest absolute Gasteiger partial charge is 0.199 e. The van der Waals surface area contributed by atoms with Gasteiger partial charge in [-0.2, -0.15) is 0 Å². The van der Waals surface area contributed by atoms with Gasteiger partial charge in [-0.25, -0.2) is 0 Å². The average molecular weight is 182 g/mol. The summed E-state index contributed by atoms with van der Waals surface area (Å²) in [6.45, 7) is 5.53. The molecular formula is C9H14N2O2. The first-order valence-corrected chi connectivity index (χ1v) is 4.59. The summed E-state index contributed by atoms with van der Waals surface area (Å²) in [6.07, 6.45) is 0. The zero-order valence-electron chi connectivity index (χ0n) is 7.80. The van der Waals surface area contributed by atoms with Crippen LogP contribution in [0.25, 0.3) is 0 Å². The van der Waals surface area contributed by atoms with Crippen LogP contribution in [-0.2, 0) is 9.53 Å². The first-order valence-electron chi connectivity index (χ1n) is 4.59. The Morgan fingerprint density at radius 2 is 2.08 bits per heavy atom. The second-order valence-corrected chi connectivity index (χ2v) is 3.35. The van der Waals surface area contributed by atoms with Crippen molar-refractivity contribution in [3.05, 3.63) is 11.4 Å². The predicted molar refractivity (Wildman–Crippen MR) is 48.1 cm³/mol. The molecule has 72 valence electrons. The summed E-state index contributed by atoms with van der Waals surface area (Å²) in [6, 6.07) is 0. The molecule has 1 N–H and O–H groups in total. The Kier molecular flexibility index (Phi) is 2.22. The monoisotopic (exact) mass is 182 g/mol. The Morgan fingerprint density at radius 1 is 1.38 bits per heavy atom. The van der Waals surface area contributed by atoms with Crippen LogP contribution in [0.1, 0.15) is 6.92 Å². The van der Waals surface area contributed by atoms with Gasteiger partial charge in [0.15, 0.2) is 5.78 Å². The van der Waals surface area contributed by atoms with E-state index in [4.69, 9.17) is 4.74 Å². The molecule has 0 aromatic carbocycles. The van der Waals surface area contributed by atoms with Crippen LogP contribution in [0.3, 0.4) is 0 Å². The lowest BCUT2D eigenvalue weighted by molar-refractivity contribution is -0.115. The number of carbonyl (C=O) groups excluding carboxylic acids is 1. The number of rotatable bonds is 1. The van der Waals surface area contributed by atoms with Crippen molar-refractivity contribution in [2.45, 2.75) is 6.92 Å². The van der Waals surface area contributed by atoms with Crippen LogP contribution in [0, 0.1) is 0 Å². The fraction of sp³-hybridized carbons (Fsp3) is 0.667. The third kappa shape index (κ3) is 1.54. The summed E-state index contributed by atoms with van der Waals surface area (Å²) in [5.74, 6) is 0.208. The number of hydrogen-bond acceptors (Lipinski definition) is 4. The number of nitrogens with one attached hydrogen (secondary N) is 1. The van der Waals surface area contributed by atoms with Gasteiger partial charge < -0.3 is 15.0 Å². The van der Waals surface area contributed by atoms with Crippen molar-refractivity contribution in [1.29, 1.82) is 0 Å². The summed E-state index contributed by atoms with van der Waals surface area (Å²) in [5.41, 5.74) is 1.87. The molecule has 2 rings (SSSR count). The number of carbonyl (C=O) groups is 1. The first kappa shape index (κ1) is 8.56. The molecule has 0 bridgehead atoms. The summed E-state index contributed by atoms with van der Waals surface area (Å²) >= 11 is 0. The van der Waals surface area contributed by atoms with Gasteiger partial charge in [0.05, 0.1) is 19.8 Å². The molecule has 0 amide bonds. The van der Waals surface area contributed by atoms with Gasteiger partial charge in [-0.3, -0.25) is 4.79 Å². The van der Waals surface area contributed by atoms with Crippen LogP contribution in [0.5, 0.6) is 0 Å². The lowest BCUT2D eigenvalue weighted by Crippen LogP contribution is -2.37. The standard InChI is InChI=1S/C9H14N2O2/c1-7-9(8(12)6-10-7)11-2-4-13-5-3-11/h10H,2-6H2,1H3. The van der Waals surface area contributed by atoms with Crippen molar-refractivity contribution in [3.8, 4) is 0 Å². The molecule has 4 nitrogen and oxygen atoms in total. The highest BCUT2D eigenvalue weighted by Crippen LogP contribution is 2.16. The van der Waals surface area contributed by atoms with E-state index in [0.717, 1.165) is 37.7 Å². The molecule has 1 fully saturated rings. The Hall–Kier alpha value is -1.03. The number of nitrogens with zero attached hydrogens (tertiary/aromatic N) is 1. The third-order valence-electron chi connectivity index (χ3n) is 2.46. The van der Waals surface area contributed by atoms with Crippen LogP contribution >= 0.6 is 0 Å². The minimum atomic E-state index is 0.208. The van der Waals surface area contributed by atoms with E-state index in [-0.39, 0.29) is 5.78 Å². The number of morpholine rings is 1. The summed E-state index contributed by atoms with van der Waals surface area (Å²) in [7, 11) is 0. The second-order valence-electron chi connectivity index (χ2n) is 3.35. The normalized spacial score (nSPS) is 23.8. The van der Waals surface area contributed by atoms with E-state index in [1.807, 2.05) is 6.92 Å². The lowest BCUT2D eigenvalue weighted by Gasteiger charge is -2.29. The Balaban J connectivity index is 2.13. The minimum Gasteiger partial charge on any atom is -0.379 e. The molecule has 13 heavy (non-hydrogen) atoms. The van der Waals surface area contributed by atoms with Crippen molar-refractivity contribution in [2.75, 3.05) is 32.8 Å². The maximum Gasteiger partial charge on any atom is 0.199 e. The zero-order valence-corrected chi connectivity index (χ0v) is 7.80. The Bertz CT molecular complexity index is 254. The fourth-order valence-corrected chi connectivity index (χ4v) is 1.79. The predicted octanol–water partition coefficient (Wildman–Crippen LogP) is -0.278. The van der Waals surface area contributed by atoms with E-state index in [0.29, 0.717) is 6.54 Å². The Morgan fingerprint density at radius 3 is 2.62 bits per heavy atom. The minimum absolute atomic E-state index is 0.208. The largest absolute Gasteiger partial charge is 0.379 e. The second kappa shape index (κ2) is 3.38. The molecule has 2 aliphatic heterocycles. The van der Waals surface area contributed by atoms with Crippen LogP contribution in [-0.4, -0.2) is 43.5 Å². The topological polar surface area (TPSA) is 41.6 Å². The highest BCUT2D eigenvalue weighted by Gasteiger charge is 2.26. The van der Waals surface area contributed by atoms with Gasteiger partial charge in [0.25, 0.3) is 0 Å². The van der Waals surface area contributed by atoms with Crippen LogP contribution < -0.4 is 5.32 Å². The Labute approximate surface area is 77.5 Å². The van der Waals surface area contributed by atoms with Crippen LogP contribution in [0.2, 0.25) is 0 Å². The number of ketones is 1. The van der Waals surface area contributed by atoms with Crippen LogP contribution in [0.15, 0.2) is 11.4 Å². The van der Waals surface area contributed by atoms with E-state index >= 15 is 0 Å². The van der Waals surface area contributed by atoms with E-state index in [1.54, 1.807) is 0 Å². The third-order valence-corrected chi connectivity index (χ3v) is 2.46. The first-order chi connectivity index (χ1) is 6.29. The number of hydrogen-bond donors (Lipinski definition) is 1. The molecular weight excluding hydrogens is 168 g/mol. The van der Waals surface area contributed by atoms with Crippen molar-refractivity contribution in [3.63, 3.8) is 0 Å². The van der Waals surface area contributed by atoms with Gasteiger partial charge in [-0.05, 0) is 6.92 Å². The van der Waals surface area contributed by atoms with E-state index in [1.165, 1.54) is 0 Å². The van der Waals surface area contributed by atoms with Gasteiger partial charge in [0.2, 0.25) is 0 Å². The maximum atomic E-state index is 11.5. The molecule has 0 aliphatic carbocycles. The maximum absolute atomic E-state index is 11.5. The van der Waals surface area contributed by atoms with Crippen molar-refractivity contribution in [2.24, 2.45) is 0 Å². The molecule has 1 saturated heterocycles. The van der Waals surface area contributed by atoms with Gasteiger partial charge in [0, 0.05) is 18.8 Å². The molecule has 0 unspecified atom stereocenters. The zero-order chi connectivity index (χ0) is 9.26. The van der Waals surface area contributed by atoms with E-state index in [2.05, 4.69) is 10.2 Å². The average Bonchev–Trinajstić information content (AvgIpc) is 2.48. The summed E-state index contributed by atoms with van der Waals surface area (Å²) < 4.78 is 5.23. The highest BCUT2D eigenvalue weighted by atomic mass is 16.5. The van der Waals surface area contributed by atoms with Crippen LogP contribution in [0.4, 0.5) is 0 Å². The number of Topliss-reactive ketones (excluding diaryl/α,β-unsaturated/α-hetero) is 1. The molecule has 0 aromatic rings. The fourth-order valence-electron chi connectivity index (χ4n) is 1.79. The molecule has 2 aliphatic rings.